The molecule has 1 aliphatic rings. The smallest absolute Gasteiger partial charge is 0.369 e. The number of amides is 1. The summed E-state index contributed by atoms with van der Waals surface area (Å²) in [6, 6.07) is -0.0931. The van der Waals surface area contributed by atoms with Crippen molar-refractivity contribution in [2.75, 3.05) is 6.61 Å². The normalized spacial score (nSPS) is 26.7. The van der Waals surface area contributed by atoms with Gasteiger partial charge < -0.3 is 10.1 Å². The van der Waals surface area contributed by atoms with Gasteiger partial charge in [0.05, 0.1) is 10.9 Å². The zero-order valence-corrected chi connectivity index (χ0v) is 11.7. The Labute approximate surface area is 113 Å². The van der Waals surface area contributed by atoms with Gasteiger partial charge >= 0.3 is 6.18 Å². The first-order chi connectivity index (χ1) is 8.28. The lowest BCUT2D eigenvalue weighted by Gasteiger charge is -2.30. The monoisotopic (exact) mass is 331 g/mol. The molecule has 1 aliphatic carbocycles. The Balaban J connectivity index is 2.34. The van der Waals surface area contributed by atoms with Crippen molar-refractivity contribution >= 4 is 21.8 Å². The number of nitrogens with one attached hydrogen (secondary N) is 1. The van der Waals surface area contributed by atoms with E-state index in [0.29, 0.717) is 12.8 Å². The molecule has 1 fully saturated rings. The van der Waals surface area contributed by atoms with E-state index in [0.717, 1.165) is 12.8 Å². The minimum absolute atomic E-state index is 0.0931. The van der Waals surface area contributed by atoms with Crippen LogP contribution in [0.3, 0.4) is 0 Å². The molecule has 7 heteroatoms. The fraction of sp³-hybridized carbons (Fsp3) is 0.909. The number of rotatable bonds is 4. The number of ether oxygens (including phenoxy) is 1. The summed E-state index contributed by atoms with van der Waals surface area (Å²) in [4.78, 5) is 11.2. The van der Waals surface area contributed by atoms with Gasteiger partial charge in [-0.15, -0.1) is 0 Å². The van der Waals surface area contributed by atoms with E-state index in [9.17, 15) is 18.0 Å². The molecule has 0 bridgehead atoms. The molecule has 0 radical (unpaired) electrons. The zero-order valence-electron chi connectivity index (χ0n) is 10.1. The van der Waals surface area contributed by atoms with Crippen molar-refractivity contribution in [2.24, 2.45) is 0 Å². The van der Waals surface area contributed by atoms with Crippen LogP contribution in [-0.2, 0) is 9.53 Å². The molecule has 3 unspecified atom stereocenters. The van der Waals surface area contributed by atoms with Crippen molar-refractivity contribution < 1.29 is 22.7 Å². The summed E-state index contributed by atoms with van der Waals surface area (Å²) < 4.78 is 40.9. The number of carbonyl (C=O) groups excluding carboxylic acids is 1. The van der Waals surface area contributed by atoms with Crippen molar-refractivity contribution in [3.05, 3.63) is 0 Å². The average Bonchev–Trinajstić information content (AvgIpc) is 2.26. The lowest BCUT2D eigenvalue weighted by atomic mass is 9.92. The highest BCUT2D eigenvalue weighted by Crippen LogP contribution is 2.24. The Bertz CT molecular complexity index is 284. The van der Waals surface area contributed by atoms with E-state index in [1.54, 1.807) is 6.92 Å². The molecule has 0 aromatic carbocycles. The highest BCUT2D eigenvalue weighted by atomic mass is 79.9. The van der Waals surface area contributed by atoms with Crippen molar-refractivity contribution in [3.63, 3.8) is 0 Å². The lowest BCUT2D eigenvalue weighted by molar-refractivity contribution is -0.188. The highest BCUT2D eigenvalue weighted by Gasteiger charge is 2.31. The number of alkyl halides is 4. The summed E-state index contributed by atoms with van der Waals surface area (Å²) in [7, 11) is 0. The Morgan fingerprint density at radius 3 is 2.72 bits per heavy atom. The van der Waals surface area contributed by atoms with E-state index in [4.69, 9.17) is 4.74 Å². The second-order valence-corrected chi connectivity index (χ2v) is 5.91. The maximum atomic E-state index is 12.0. The van der Waals surface area contributed by atoms with Gasteiger partial charge in [-0.1, -0.05) is 15.9 Å². The van der Waals surface area contributed by atoms with Gasteiger partial charge in [0.15, 0.2) is 0 Å². The molecule has 1 amide bonds. The molecule has 0 aromatic rings. The van der Waals surface area contributed by atoms with E-state index in [-0.39, 0.29) is 16.8 Å². The number of halogens is 4. The third-order valence-electron chi connectivity index (χ3n) is 2.82. The van der Waals surface area contributed by atoms with Crippen LogP contribution in [0.15, 0.2) is 0 Å². The van der Waals surface area contributed by atoms with Crippen LogP contribution in [0.1, 0.15) is 32.6 Å². The quantitative estimate of drug-likeness (QED) is 0.804. The SMILES string of the molecule is CC(Br)C(=O)NC1CCCC(OCC(F)(F)F)C1. The minimum Gasteiger partial charge on any atom is -0.369 e. The summed E-state index contributed by atoms with van der Waals surface area (Å²) in [6.45, 7) is 0.489. The van der Waals surface area contributed by atoms with Crippen molar-refractivity contribution in [1.29, 1.82) is 0 Å². The van der Waals surface area contributed by atoms with Gasteiger partial charge in [-0.3, -0.25) is 4.79 Å². The Kier molecular flexibility index (Phi) is 5.91. The fourth-order valence-electron chi connectivity index (χ4n) is 1.96. The van der Waals surface area contributed by atoms with Crippen LogP contribution in [0.25, 0.3) is 0 Å². The third kappa shape index (κ3) is 6.04. The Morgan fingerprint density at radius 1 is 1.50 bits per heavy atom. The molecule has 0 spiro atoms. The van der Waals surface area contributed by atoms with Crippen LogP contribution in [0.5, 0.6) is 0 Å². The first-order valence-electron chi connectivity index (χ1n) is 5.90. The van der Waals surface area contributed by atoms with Gasteiger partial charge in [-0.25, -0.2) is 0 Å². The van der Waals surface area contributed by atoms with Crippen molar-refractivity contribution in [1.82, 2.24) is 5.32 Å². The van der Waals surface area contributed by atoms with Gasteiger partial charge in [0, 0.05) is 6.04 Å². The van der Waals surface area contributed by atoms with Crippen LogP contribution in [-0.4, -0.2) is 35.7 Å². The molecular formula is C11H17BrF3NO2. The van der Waals surface area contributed by atoms with Gasteiger partial charge in [0.25, 0.3) is 0 Å². The lowest BCUT2D eigenvalue weighted by Crippen LogP contribution is -2.43. The minimum atomic E-state index is -4.29. The predicted molar refractivity (Wildman–Crippen MR) is 64.6 cm³/mol. The van der Waals surface area contributed by atoms with E-state index >= 15 is 0 Å². The topological polar surface area (TPSA) is 38.3 Å². The average molecular weight is 332 g/mol. The second-order valence-electron chi connectivity index (χ2n) is 4.54. The van der Waals surface area contributed by atoms with E-state index in [1.807, 2.05) is 0 Å². The highest BCUT2D eigenvalue weighted by molar-refractivity contribution is 9.10. The van der Waals surface area contributed by atoms with Gasteiger partial charge in [0.2, 0.25) is 5.91 Å². The molecule has 1 N–H and O–H groups in total. The van der Waals surface area contributed by atoms with Crippen LogP contribution in [0.2, 0.25) is 0 Å². The van der Waals surface area contributed by atoms with Crippen LogP contribution in [0, 0.1) is 0 Å². The van der Waals surface area contributed by atoms with Gasteiger partial charge in [-0.2, -0.15) is 13.2 Å². The molecular weight excluding hydrogens is 315 g/mol. The fourth-order valence-corrected chi connectivity index (χ4v) is 2.09. The Hall–Kier alpha value is -0.300. The summed E-state index contributed by atoms with van der Waals surface area (Å²) >= 11 is 3.15. The summed E-state index contributed by atoms with van der Waals surface area (Å²) in [6.07, 6.45) is -2.09. The van der Waals surface area contributed by atoms with E-state index in [2.05, 4.69) is 21.2 Å². The van der Waals surface area contributed by atoms with E-state index in [1.165, 1.54) is 0 Å². The molecule has 0 heterocycles. The first-order valence-corrected chi connectivity index (χ1v) is 6.82. The number of hydrogen-bond acceptors (Lipinski definition) is 2. The van der Waals surface area contributed by atoms with E-state index < -0.39 is 18.9 Å². The molecule has 0 aliphatic heterocycles. The largest absolute Gasteiger partial charge is 0.411 e. The standard InChI is InChI=1S/C11H17BrF3NO2/c1-7(12)10(17)16-8-3-2-4-9(5-8)18-6-11(13,14)15/h7-9H,2-6H2,1H3,(H,16,17). The molecule has 0 aromatic heterocycles. The number of carbonyl (C=O) groups is 1. The maximum absolute atomic E-state index is 12.0. The molecule has 3 nitrogen and oxygen atoms in total. The van der Waals surface area contributed by atoms with Gasteiger partial charge in [-0.05, 0) is 32.6 Å². The van der Waals surface area contributed by atoms with Crippen LogP contribution in [0.4, 0.5) is 13.2 Å². The molecule has 0 saturated heterocycles. The number of hydrogen-bond donors (Lipinski definition) is 1. The molecule has 18 heavy (non-hydrogen) atoms. The maximum Gasteiger partial charge on any atom is 0.411 e. The predicted octanol–water partition coefficient (Wildman–Crippen LogP) is 2.78. The van der Waals surface area contributed by atoms with Crippen molar-refractivity contribution in [3.8, 4) is 0 Å². The summed E-state index contributed by atoms with van der Waals surface area (Å²) in [5, 5.41) is 2.80. The summed E-state index contributed by atoms with van der Waals surface area (Å²) in [5.74, 6) is -0.142. The zero-order chi connectivity index (χ0) is 13.8. The van der Waals surface area contributed by atoms with Crippen molar-refractivity contribution in [2.45, 2.75) is 55.8 Å². The van der Waals surface area contributed by atoms with Crippen LogP contribution >= 0.6 is 15.9 Å². The molecule has 3 atom stereocenters. The van der Waals surface area contributed by atoms with Gasteiger partial charge in [0.1, 0.15) is 6.61 Å². The molecule has 106 valence electrons. The Morgan fingerprint density at radius 2 is 2.17 bits per heavy atom. The summed E-state index contributed by atoms with van der Waals surface area (Å²) in [5.41, 5.74) is 0. The molecule has 1 rings (SSSR count). The first kappa shape index (κ1) is 15.8. The third-order valence-corrected chi connectivity index (χ3v) is 3.23. The molecule has 1 saturated carbocycles. The second kappa shape index (κ2) is 6.75. The van der Waals surface area contributed by atoms with Crippen LogP contribution < -0.4 is 5.32 Å².